The van der Waals surface area contributed by atoms with Crippen molar-refractivity contribution in [3.8, 4) is 5.75 Å². The standard InChI is InChI=1S/C28H32O3/c1-17-12-14-31-28(17)13-11-25-23-9-5-19-15-21(30)8-10-22(19)26(23)24(16-27(25,28)2)18-3-6-20(29)7-4-18/h3-7,23-25,29H,1,8-16H2,2H3/t23-,24+,25-,27-,28+/m0/s1. The number of carbonyl (C=O) groups is 1. The highest BCUT2D eigenvalue weighted by molar-refractivity contribution is 5.84. The average molecular weight is 417 g/mol. The first-order valence-electron chi connectivity index (χ1n) is 12.0. The zero-order valence-electron chi connectivity index (χ0n) is 18.5. The minimum Gasteiger partial charge on any atom is -0.508 e. The number of aromatic hydroxyl groups is 1. The van der Waals surface area contributed by atoms with Gasteiger partial charge in [-0.3, -0.25) is 4.79 Å². The summed E-state index contributed by atoms with van der Waals surface area (Å²) < 4.78 is 6.57. The molecule has 31 heavy (non-hydrogen) atoms. The molecule has 1 spiro atoms. The number of rotatable bonds is 1. The van der Waals surface area contributed by atoms with Crippen LogP contribution in [0.4, 0.5) is 0 Å². The molecule has 3 saturated carbocycles. The van der Waals surface area contributed by atoms with Crippen LogP contribution in [0.3, 0.4) is 0 Å². The van der Waals surface area contributed by atoms with Crippen LogP contribution in [0.2, 0.25) is 0 Å². The van der Waals surface area contributed by atoms with Gasteiger partial charge in [-0.05, 0) is 84.8 Å². The van der Waals surface area contributed by atoms with E-state index in [-0.39, 0.29) is 11.0 Å². The predicted octanol–water partition coefficient (Wildman–Crippen LogP) is 6.01. The predicted molar refractivity (Wildman–Crippen MR) is 121 cm³/mol. The Labute approximate surface area is 184 Å². The molecule has 0 amide bonds. The third kappa shape index (κ3) is 2.59. The molecule has 162 valence electrons. The number of carbonyl (C=O) groups excluding carboxylic acids is 1. The molecule has 4 aliphatic carbocycles. The van der Waals surface area contributed by atoms with Crippen molar-refractivity contribution in [2.24, 2.45) is 17.3 Å². The lowest BCUT2D eigenvalue weighted by Gasteiger charge is -2.55. The smallest absolute Gasteiger partial charge is 0.137 e. The Morgan fingerprint density at radius 3 is 2.71 bits per heavy atom. The molecule has 5 atom stereocenters. The zero-order chi connectivity index (χ0) is 21.4. The molecule has 1 saturated heterocycles. The molecule has 1 aliphatic heterocycles. The molecule has 0 unspecified atom stereocenters. The minimum atomic E-state index is -0.185. The van der Waals surface area contributed by atoms with Gasteiger partial charge in [0.05, 0.1) is 12.2 Å². The summed E-state index contributed by atoms with van der Waals surface area (Å²) in [5.41, 5.74) is 6.83. The molecule has 5 aliphatic rings. The van der Waals surface area contributed by atoms with E-state index < -0.39 is 0 Å². The molecular weight excluding hydrogens is 384 g/mol. The van der Waals surface area contributed by atoms with Crippen molar-refractivity contribution in [1.82, 2.24) is 0 Å². The molecule has 4 fully saturated rings. The average Bonchev–Trinajstić information content (AvgIpc) is 3.28. The SMILES string of the molecule is C=C1CCO[C@]12CC[C@H]1[C@@H]3CC=C4CC(=O)CCC4=C3[C@@H](c3ccc(O)cc3)C[C@@]12C. The Kier molecular flexibility index (Phi) is 4.21. The Bertz CT molecular complexity index is 1030. The summed E-state index contributed by atoms with van der Waals surface area (Å²) in [6, 6.07) is 7.85. The van der Waals surface area contributed by atoms with E-state index in [1.165, 1.54) is 28.7 Å². The lowest BCUT2D eigenvalue weighted by Crippen LogP contribution is -2.51. The summed E-state index contributed by atoms with van der Waals surface area (Å²) in [6.07, 6.45) is 9.92. The molecule has 1 aromatic rings. The summed E-state index contributed by atoms with van der Waals surface area (Å²) in [7, 11) is 0. The molecule has 0 bridgehead atoms. The Morgan fingerprint density at radius 2 is 1.97 bits per heavy atom. The maximum atomic E-state index is 12.2. The monoisotopic (exact) mass is 416 g/mol. The summed E-state index contributed by atoms with van der Waals surface area (Å²) in [5.74, 6) is 2.11. The third-order valence-electron chi connectivity index (χ3n) is 9.45. The van der Waals surface area contributed by atoms with E-state index in [2.05, 4.69) is 31.7 Å². The molecule has 3 heteroatoms. The molecule has 6 rings (SSSR count). The molecule has 3 nitrogen and oxygen atoms in total. The summed E-state index contributed by atoms with van der Waals surface area (Å²) in [5, 5.41) is 9.92. The van der Waals surface area contributed by atoms with E-state index in [0.29, 0.717) is 42.1 Å². The first-order valence-corrected chi connectivity index (χ1v) is 12.0. The van der Waals surface area contributed by atoms with Gasteiger partial charge in [-0.1, -0.05) is 37.3 Å². The molecule has 0 aromatic heterocycles. The van der Waals surface area contributed by atoms with Crippen LogP contribution < -0.4 is 0 Å². The second-order valence-corrected chi connectivity index (χ2v) is 10.7. The van der Waals surface area contributed by atoms with Crippen LogP contribution >= 0.6 is 0 Å². The maximum absolute atomic E-state index is 12.2. The number of fused-ring (bicyclic) bond motifs is 5. The zero-order valence-corrected chi connectivity index (χ0v) is 18.5. The van der Waals surface area contributed by atoms with Crippen molar-refractivity contribution in [3.05, 3.63) is 64.8 Å². The number of phenols is 1. The highest BCUT2D eigenvalue weighted by Gasteiger charge is 2.65. The topological polar surface area (TPSA) is 46.5 Å². The summed E-state index contributed by atoms with van der Waals surface area (Å²) in [4.78, 5) is 12.2. The number of ketones is 1. The van der Waals surface area contributed by atoms with Crippen LogP contribution in [-0.4, -0.2) is 23.1 Å². The fraction of sp³-hybridized carbons (Fsp3) is 0.536. The van der Waals surface area contributed by atoms with Crippen molar-refractivity contribution in [1.29, 1.82) is 0 Å². The van der Waals surface area contributed by atoms with Gasteiger partial charge in [0.15, 0.2) is 0 Å². The van der Waals surface area contributed by atoms with Crippen molar-refractivity contribution >= 4 is 5.78 Å². The van der Waals surface area contributed by atoms with Gasteiger partial charge in [0.1, 0.15) is 11.5 Å². The molecule has 1 heterocycles. The fourth-order valence-electron chi connectivity index (χ4n) is 8.06. The lowest BCUT2D eigenvalue weighted by atomic mass is 9.51. The quantitative estimate of drug-likeness (QED) is 0.571. The summed E-state index contributed by atoms with van der Waals surface area (Å²) >= 11 is 0. The highest BCUT2D eigenvalue weighted by atomic mass is 16.5. The van der Waals surface area contributed by atoms with Crippen molar-refractivity contribution in [2.75, 3.05) is 6.61 Å². The second-order valence-electron chi connectivity index (χ2n) is 10.7. The number of phenolic OH excluding ortho intramolecular Hbond substituents is 1. The van der Waals surface area contributed by atoms with Gasteiger partial charge in [0, 0.05) is 24.2 Å². The second kappa shape index (κ2) is 6.68. The highest BCUT2D eigenvalue weighted by Crippen LogP contribution is 2.69. The number of allylic oxidation sites excluding steroid dienone is 4. The Hall–Kier alpha value is -2.13. The Balaban J connectivity index is 1.52. The number of benzene rings is 1. The molecule has 1 aromatic carbocycles. The molecular formula is C28H32O3. The number of Topliss-reactive ketones (excluding diaryl/α,β-unsaturated/α-hetero) is 1. The van der Waals surface area contributed by atoms with Gasteiger partial charge >= 0.3 is 0 Å². The van der Waals surface area contributed by atoms with Crippen LogP contribution in [0.15, 0.2) is 59.2 Å². The van der Waals surface area contributed by atoms with Crippen molar-refractivity contribution < 1.29 is 14.6 Å². The number of ether oxygens (including phenoxy) is 1. The summed E-state index contributed by atoms with van der Waals surface area (Å²) in [6.45, 7) is 7.77. The van der Waals surface area contributed by atoms with Gasteiger partial charge in [-0.15, -0.1) is 0 Å². The van der Waals surface area contributed by atoms with E-state index in [0.717, 1.165) is 38.7 Å². The largest absolute Gasteiger partial charge is 0.508 e. The molecule has 1 N–H and O–H groups in total. The van der Waals surface area contributed by atoms with Crippen LogP contribution in [-0.2, 0) is 9.53 Å². The maximum Gasteiger partial charge on any atom is 0.137 e. The van der Waals surface area contributed by atoms with Gasteiger partial charge in [-0.2, -0.15) is 0 Å². The van der Waals surface area contributed by atoms with Crippen LogP contribution in [0, 0.1) is 17.3 Å². The molecule has 0 radical (unpaired) electrons. The van der Waals surface area contributed by atoms with Crippen LogP contribution in [0.5, 0.6) is 5.75 Å². The minimum absolute atomic E-state index is 0.0632. The van der Waals surface area contributed by atoms with E-state index in [1.807, 2.05) is 12.1 Å². The van der Waals surface area contributed by atoms with Crippen LogP contribution in [0.1, 0.15) is 69.8 Å². The third-order valence-corrected chi connectivity index (χ3v) is 9.45. The van der Waals surface area contributed by atoms with E-state index in [9.17, 15) is 9.90 Å². The van der Waals surface area contributed by atoms with Crippen molar-refractivity contribution in [3.63, 3.8) is 0 Å². The van der Waals surface area contributed by atoms with Gasteiger partial charge in [0.25, 0.3) is 0 Å². The lowest BCUT2D eigenvalue weighted by molar-refractivity contribution is -0.118. The fourth-order valence-corrected chi connectivity index (χ4v) is 8.06. The van der Waals surface area contributed by atoms with E-state index >= 15 is 0 Å². The van der Waals surface area contributed by atoms with Gasteiger partial charge in [-0.25, -0.2) is 0 Å². The number of hydrogen-bond donors (Lipinski definition) is 1. The van der Waals surface area contributed by atoms with Crippen molar-refractivity contribution in [2.45, 2.75) is 69.8 Å². The Morgan fingerprint density at radius 1 is 1.16 bits per heavy atom. The van der Waals surface area contributed by atoms with E-state index in [4.69, 9.17) is 4.74 Å². The first-order chi connectivity index (χ1) is 14.9. The van der Waals surface area contributed by atoms with E-state index in [1.54, 1.807) is 5.57 Å². The van der Waals surface area contributed by atoms with Crippen LogP contribution in [0.25, 0.3) is 0 Å². The first kappa shape index (κ1) is 19.5. The number of hydrogen-bond acceptors (Lipinski definition) is 3. The normalized spacial score (nSPS) is 39.4. The van der Waals surface area contributed by atoms with Gasteiger partial charge < -0.3 is 9.84 Å². The van der Waals surface area contributed by atoms with Gasteiger partial charge in [0.2, 0.25) is 0 Å².